The molecule has 0 bridgehead atoms. The Bertz CT molecular complexity index is 663. The van der Waals surface area contributed by atoms with Gasteiger partial charge >= 0.3 is 0 Å². The fraction of sp³-hybridized carbons (Fsp3) is 0.375. The minimum absolute atomic E-state index is 0.0889. The molecule has 1 saturated heterocycles. The van der Waals surface area contributed by atoms with E-state index in [9.17, 15) is 9.18 Å². The molecule has 0 aliphatic carbocycles. The van der Waals surface area contributed by atoms with Crippen LogP contribution >= 0.6 is 0 Å². The lowest BCUT2D eigenvalue weighted by Gasteiger charge is -2.15. The SMILES string of the molecule is Cc1nc(C(=O)N2CCC(c3ccc(F)cc3)C2)c(C)o1. The number of aromatic nitrogens is 1. The second-order valence-corrected chi connectivity index (χ2v) is 5.43. The van der Waals surface area contributed by atoms with E-state index in [1.165, 1.54) is 12.1 Å². The van der Waals surface area contributed by atoms with Crippen LogP contribution in [0.5, 0.6) is 0 Å². The monoisotopic (exact) mass is 288 g/mol. The summed E-state index contributed by atoms with van der Waals surface area (Å²) in [5.41, 5.74) is 1.46. The number of benzene rings is 1. The number of rotatable bonds is 2. The van der Waals surface area contributed by atoms with Crippen LogP contribution in [0.1, 0.15) is 40.0 Å². The van der Waals surface area contributed by atoms with Crippen LogP contribution in [0.25, 0.3) is 0 Å². The highest BCUT2D eigenvalue weighted by Crippen LogP contribution is 2.28. The quantitative estimate of drug-likeness (QED) is 0.853. The normalized spacial score (nSPS) is 18.2. The number of hydrogen-bond acceptors (Lipinski definition) is 3. The molecule has 1 aliphatic rings. The van der Waals surface area contributed by atoms with E-state index < -0.39 is 0 Å². The Morgan fingerprint density at radius 2 is 2.05 bits per heavy atom. The molecule has 0 radical (unpaired) electrons. The lowest BCUT2D eigenvalue weighted by atomic mass is 9.99. The Morgan fingerprint density at radius 1 is 1.33 bits per heavy atom. The highest BCUT2D eigenvalue weighted by atomic mass is 19.1. The summed E-state index contributed by atoms with van der Waals surface area (Å²) >= 11 is 0. The molecular formula is C16H17FN2O2. The number of amides is 1. The maximum atomic E-state index is 13.0. The van der Waals surface area contributed by atoms with E-state index in [2.05, 4.69) is 4.98 Å². The molecule has 1 aliphatic heterocycles. The molecule has 3 rings (SSSR count). The van der Waals surface area contributed by atoms with Crippen molar-refractivity contribution in [2.45, 2.75) is 26.2 Å². The molecule has 1 aromatic heterocycles. The predicted molar refractivity (Wildman–Crippen MR) is 75.6 cm³/mol. The fourth-order valence-corrected chi connectivity index (χ4v) is 2.83. The van der Waals surface area contributed by atoms with E-state index in [0.29, 0.717) is 30.4 Å². The number of carbonyl (C=O) groups excluding carboxylic acids is 1. The zero-order valence-electron chi connectivity index (χ0n) is 12.1. The number of aryl methyl sites for hydroxylation is 2. The van der Waals surface area contributed by atoms with Gasteiger partial charge < -0.3 is 9.32 Å². The molecule has 1 fully saturated rings. The van der Waals surface area contributed by atoms with Crippen molar-refractivity contribution in [3.8, 4) is 0 Å². The van der Waals surface area contributed by atoms with Gasteiger partial charge in [0.25, 0.3) is 5.91 Å². The highest BCUT2D eigenvalue weighted by Gasteiger charge is 2.30. The molecule has 2 aromatic rings. The van der Waals surface area contributed by atoms with Gasteiger partial charge in [0.2, 0.25) is 0 Å². The van der Waals surface area contributed by atoms with Gasteiger partial charge in [-0.05, 0) is 31.0 Å². The molecule has 1 atom stereocenters. The Balaban J connectivity index is 1.73. The van der Waals surface area contributed by atoms with Crippen LogP contribution < -0.4 is 0 Å². The van der Waals surface area contributed by atoms with Crippen molar-refractivity contribution in [1.82, 2.24) is 9.88 Å². The molecule has 21 heavy (non-hydrogen) atoms. The number of halogens is 1. The third-order valence-electron chi connectivity index (χ3n) is 3.92. The third-order valence-corrected chi connectivity index (χ3v) is 3.92. The zero-order valence-corrected chi connectivity index (χ0v) is 12.1. The van der Waals surface area contributed by atoms with Gasteiger partial charge in [-0.2, -0.15) is 0 Å². The Labute approximate surface area is 122 Å². The van der Waals surface area contributed by atoms with E-state index in [-0.39, 0.29) is 17.6 Å². The van der Waals surface area contributed by atoms with Gasteiger partial charge in [-0.25, -0.2) is 9.37 Å². The molecule has 5 heteroatoms. The van der Waals surface area contributed by atoms with E-state index >= 15 is 0 Å². The summed E-state index contributed by atoms with van der Waals surface area (Å²) in [5.74, 6) is 0.989. The van der Waals surface area contributed by atoms with Crippen molar-refractivity contribution in [2.75, 3.05) is 13.1 Å². The van der Waals surface area contributed by atoms with E-state index in [1.807, 2.05) is 0 Å². The van der Waals surface area contributed by atoms with E-state index in [4.69, 9.17) is 4.42 Å². The maximum absolute atomic E-state index is 13.0. The molecule has 0 N–H and O–H groups in total. The summed E-state index contributed by atoms with van der Waals surface area (Å²) in [4.78, 5) is 18.4. The van der Waals surface area contributed by atoms with Gasteiger partial charge in [-0.3, -0.25) is 4.79 Å². The summed E-state index contributed by atoms with van der Waals surface area (Å²) in [5, 5.41) is 0. The van der Waals surface area contributed by atoms with E-state index in [1.54, 1.807) is 30.9 Å². The molecule has 1 amide bonds. The largest absolute Gasteiger partial charge is 0.445 e. The van der Waals surface area contributed by atoms with Crippen molar-refractivity contribution in [2.24, 2.45) is 0 Å². The predicted octanol–water partition coefficient (Wildman–Crippen LogP) is 3.06. The molecule has 4 nitrogen and oxygen atoms in total. The summed E-state index contributed by atoms with van der Waals surface area (Å²) < 4.78 is 18.3. The first kappa shape index (κ1) is 13.8. The van der Waals surface area contributed by atoms with Crippen LogP contribution in [-0.4, -0.2) is 28.9 Å². The minimum Gasteiger partial charge on any atom is -0.445 e. The van der Waals surface area contributed by atoms with Crippen LogP contribution in [0.4, 0.5) is 4.39 Å². The Morgan fingerprint density at radius 3 is 2.67 bits per heavy atom. The second kappa shape index (κ2) is 5.31. The lowest BCUT2D eigenvalue weighted by molar-refractivity contribution is 0.0784. The van der Waals surface area contributed by atoms with Gasteiger partial charge in [-0.15, -0.1) is 0 Å². The summed E-state index contributed by atoms with van der Waals surface area (Å²) in [6.45, 7) is 4.80. The Kier molecular flexibility index (Phi) is 3.49. The van der Waals surface area contributed by atoms with Crippen LogP contribution in [0, 0.1) is 19.7 Å². The first-order chi connectivity index (χ1) is 10.0. The maximum Gasteiger partial charge on any atom is 0.276 e. The molecule has 1 aromatic carbocycles. The topological polar surface area (TPSA) is 46.3 Å². The van der Waals surface area contributed by atoms with Crippen molar-refractivity contribution in [3.05, 3.63) is 53.0 Å². The van der Waals surface area contributed by atoms with E-state index in [0.717, 1.165) is 12.0 Å². The van der Waals surface area contributed by atoms with Crippen molar-refractivity contribution in [3.63, 3.8) is 0 Å². The first-order valence-electron chi connectivity index (χ1n) is 7.03. The molecule has 0 spiro atoms. The molecular weight excluding hydrogens is 271 g/mol. The van der Waals surface area contributed by atoms with Crippen LogP contribution in [0.3, 0.4) is 0 Å². The van der Waals surface area contributed by atoms with Gasteiger partial charge in [0, 0.05) is 25.9 Å². The van der Waals surface area contributed by atoms with Crippen molar-refractivity contribution >= 4 is 5.91 Å². The minimum atomic E-state index is -0.238. The number of carbonyl (C=O) groups is 1. The van der Waals surface area contributed by atoms with Gasteiger partial charge in [0.15, 0.2) is 11.6 Å². The number of oxazole rings is 1. The third kappa shape index (κ3) is 2.68. The highest BCUT2D eigenvalue weighted by molar-refractivity contribution is 5.93. The fourth-order valence-electron chi connectivity index (χ4n) is 2.83. The number of nitrogens with zero attached hydrogens (tertiary/aromatic N) is 2. The van der Waals surface area contributed by atoms with Crippen LogP contribution in [0.15, 0.2) is 28.7 Å². The van der Waals surface area contributed by atoms with Gasteiger partial charge in [0.1, 0.15) is 11.6 Å². The molecule has 1 unspecified atom stereocenters. The van der Waals surface area contributed by atoms with Crippen LogP contribution in [-0.2, 0) is 0 Å². The summed E-state index contributed by atoms with van der Waals surface area (Å²) in [7, 11) is 0. The first-order valence-corrected chi connectivity index (χ1v) is 7.03. The lowest BCUT2D eigenvalue weighted by Crippen LogP contribution is -2.29. The average molecular weight is 288 g/mol. The second-order valence-electron chi connectivity index (χ2n) is 5.43. The standard InChI is InChI=1S/C16H17FN2O2/c1-10-15(18-11(2)21-10)16(20)19-8-7-13(9-19)12-3-5-14(17)6-4-12/h3-6,13H,7-9H2,1-2H3. The summed E-state index contributed by atoms with van der Waals surface area (Å²) in [6, 6.07) is 6.51. The number of likely N-dealkylation sites (tertiary alicyclic amines) is 1. The zero-order chi connectivity index (χ0) is 15.0. The smallest absolute Gasteiger partial charge is 0.276 e. The van der Waals surface area contributed by atoms with Crippen molar-refractivity contribution in [1.29, 1.82) is 0 Å². The average Bonchev–Trinajstić information content (AvgIpc) is 3.06. The van der Waals surface area contributed by atoms with Gasteiger partial charge in [0.05, 0.1) is 0 Å². The molecule has 2 heterocycles. The Hall–Kier alpha value is -2.17. The molecule has 110 valence electrons. The van der Waals surface area contributed by atoms with Crippen LogP contribution in [0.2, 0.25) is 0 Å². The van der Waals surface area contributed by atoms with Crippen molar-refractivity contribution < 1.29 is 13.6 Å². The van der Waals surface area contributed by atoms with Gasteiger partial charge in [-0.1, -0.05) is 12.1 Å². The molecule has 0 saturated carbocycles. The number of hydrogen-bond donors (Lipinski definition) is 0. The summed E-state index contributed by atoms with van der Waals surface area (Å²) in [6.07, 6.45) is 0.882.